The van der Waals surface area contributed by atoms with Crippen molar-refractivity contribution in [2.75, 3.05) is 20.1 Å². The van der Waals surface area contributed by atoms with Crippen LogP contribution in [0.2, 0.25) is 0 Å². The minimum Gasteiger partial charge on any atom is -0.312 e. The van der Waals surface area contributed by atoms with Gasteiger partial charge in [-0.05, 0) is 70.3 Å². The second kappa shape index (κ2) is 7.42. The summed E-state index contributed by atoms with van der Waals surface area (Å²) in [6.07, 6.45) is 5.40. The Kier molecular flexibility index (Phi) is 5.83. The Labute approximate surface area is 130 Å². The minimum absolute atomic E-state index is 0.447. The quantitative estimate of drug-likeness (QED) is 0.773. The zero-order chi connectivity index (χ0) is 15.4. The fraction of sp³-hybridized carbons (Fsp3) is 0.684. The third-order valence-electron chi connectivity index (χ3n) is 4.71. The Morgan fingerprint density at radius 1 is 1.19 bits per heavy atom. The van der Waals surface area contributed by atoms with E-state index in [2.05, 4.69) is 57.1 Å². The van der Waals surface area contributed by atoms with Crippen molar-refractivity contribution in [1.29, 1.82) is 0 Å². The first-order valence-corrected chi connectivity index (χ1v) is 8.55. The molecule has 1 N–H and O–H groups in total. The van der Waals surface area contributed by atoms with Gasteiger partial charge in [0.1, 0.15) is 0 Å². The summed E-state index contributed by atoms with van der Waals surface area (Å²) < 4.78 is 0. The highest BCUT2D eigenvalue weighted by atomic mass is 15.2. The smallest absolute Gasteiger partial charge is 0.0452 e. The predicted molar refractivity (Wildman–Crippen MR) is 92.0 cm³/mol. The lowest BCUT2D eigenvalue weighted by atomic mass is 9.93. The molecule has 2 heteroatoms. The van der Waals surface area contributed by atoms with Crippen LogP contribution in [0.1, 0.15) is 60.9 Å². The Morgan fingerprint density at radius 3 is 2.29 bits per heavy atom. The van der Waals surface area contributed by atoms with Crippen LogP contribution >= 0.6 is 0 Å². The standard InChI is InChI=1S/C19H32N2/c1-6-7-10-21(17-8-9-17)13-18(20-5)19-15(3)11-14(2)12-16(19)4/h11-12,17-18,20H,6-10,13H2,1-5H3. The van der Waals surface area contributed by atoms with Crippen LogP contribution in [0, 0.1) is 20.8 Å². The largest absolute Gasteiger partial charge is 0.312 e. The topological polar surface area (TPSA) is 15.3 Å². The van der Waals surface area contributed by atoms with Gasteiger partial charge in [0.2, 0.25) is 0 Å². The van der Waals surface area contributed by atoms with E-state index in [-0.39, 0.29) is 0 Å². The number of likely N-dealkylation sites (N-methyl/N-ethyl adjacent to an activating group) is 1. The lowest BCUT2D eigenvalue weighted by Gasteiger charge is -2.29. The fourth-order valence-electron chi connectivity index (χ4n) is 3.53. The summed E-state index contributed by atoms with van der Waals surface area (Å²) in [6, 6.07) is 5.93. The molecule has 2 nitrogen and oxygen atoms in total. The molecule has 0 saturated heterocycles. The summed E-state index contributed by atoms with van der Waals surface area (Å²) in [5, 5.41) is 3.57. The van der Waals surface area contributed by atoms with E-state index in [4.69, 9.17) is 0 Å². The van der Waals surface area contributed by atoms with Gasteiger partial charge < -0.3 is 5.32 Å². The molecule has 0 aromatic heterocycles. The van der Waals surface area contributed by atoms with Crippen LogP contribution in [0.5, 0.6) is 0 Å². The highest BCUT2D eigenvalue weighted by Crippen LogP contribution is 2.31. The highest BCUT2D eigenvalue weighted by molar-refractivity contribution is 5.39. The second-order valence-corrected chi connectivity index (χ2v) is 6.73. The Balaban J connectivity index is 2.15. The Hall–Kier alpha value is -0.860. The van der Waals surface area contributed by atoms with Crippen LogP contribution in [-0.4, -0.2) is 31.1 Å². The number of rotatable bonds is 8. The number of hydrogen-bond acceptors (Lipinski definition) is 2. The van der Waals surface area contributed by atoms with Crippen molar-refractivity contribution in [3.05, 3.63) is 34.4 Å². The molecule has 1 aromatic carbocycles. The van der Waals surface area contributed by atoms with Gasteiger partial charge in [0, 0.05) is 18.6 Å². The van der Waals surface area contributed by atoms with Gasteiger partial charge in [0.25, 0.3) is 0 Å². The number of hydrogen-bond donors (Lipinski definition) is 1. The Morgan fingerprint density at radius 2 is 1.81 bits per heavy atom. The third kappa shape index (κ3) is 4.31. The van der Waals surface area contributed by atoms with Crippen molar-refractivity contribution in [1.82, 2.24) is 10.2 Å². The Bertz CT molecular complexity index is 440. The molecule has 118 valence electrons. The molecular weight excluding hydrogens is 256 g/mol. The van der Waals surface area contributed by atoms with Gasteiger partial charge in [-0.2, -0.15) is 0 Å². The van der Waals surface area contributed by atoms with E-state index in [1.165, 1.54) is 54.5 Å². The van der Waals surface area contributed by atoms with E-state index in [9.17, 15) is 0 Å². The molecule has 21 heavy (non-hydrogen) atoms. The molecule has 2 rings (SSSR count). The van der Waals surface area contributed by atoms with E-state index in [0.29, 0.717) is 6.04 Å². The lowest BCUT2D eigenvalue weighted by Crippen LogP contribution is -2.36. The molecule has 1 aromatic rings. The maximum absolute atomic E-state index is 3.57. The highest BCUT2D eigenvalue weighted by Gasteiger charge is 2.30. The van der Waals surface area contributed by atoms with Crippen molar-refractivity contribution in [2.45, 2.75) is 65.5 Å². The summed E-state index contributed by atoms with van der Waals surface area (Å²) in [6.45, 7) is 11.4. The number of unbranched alkanes of at least 4 members (excludes halogenated alkanes) is 1. The van der Waals surface area contributed by atoms with Crippen LogP contribution < -0.4 is 5.32 Å². The molecule has 1 aliphatic rings. The van der Waals surface area contributed by atoms with Crippen molar-refractivity contribution in [3.8, 4) is 0 Å². The monoisotopic (exact) mass is 288 g/mol. The summed E-state index contributed by atoms with van der Waals surface area (Å²) >= 11 is 0. The lowest BCUT2D eigenvalue weighted by molar-refractivity contribution is 0.232. The first-order chi connectivity index (χ1) is 10.1. The van der Waals surface area contributed by atoms with Gasteiger partial charge in [-0.3, -0.25) is 4.90 Å². The molecule has 0 heterocycles. The van der Waals surface area contributed by atoms with Crippen molar-refractivity contribution in [2.24, 2.45) is 0 Å². The average Bonchev–Trinajstić information content (AvgIpc) is 3.24. The first-order valence-electron chi connectivity index (χ1n) is 8.55. The minimum atomic E-state index is 0.447. The molecule has 0 bridgehead atoms. The van der Waals surface area contributed by atoms with Gasteiger partial charge >= 0.3 is 0 Å². The molecule has 1 aliphatic carbocycles. The van der Waals surface area contributed by atoms with Crippen LogP contribution in [0.25, 0.3) is 0 Å². The number of nitrogens with zero attached hydrogens (tertiary/aromatic N) is 1. The maximum Gasteiger partial charge on any atom is 0.0452 e. The van der Waals surface area contributed by atoms with Crippen molar-refractivity contribution < 1.29 is 0 Å². The number of aryl methyl sites for hydroxylation is 3. The van der Waals surface area contributed by atoms with Crippen LogP contribution in [0.15, 0.2) is 12.1 Å². The van der Waals surface area contributed by atoms with E-state index >= 15 is 0 Å². The molecule has 1 unspecified atom stereocenters. The maximum atomic E-state index is 3.57. The van der Waals surface area contributed by atoms with Crippen molar-refractivity contribution in [3.63, 3.8) is 0 Å². The van der Waals surface area contributed by atoms with Gasteiger partial charge in [0.15, 0.2) is 0 Å². The molecule has 0 amide bonds. The van der Waals surface area contributed by atoms with Gasteiger partial charge in [-0.1, -0.05) is 31.0 Å². The fourth-order valence-corrected chi connectivity index (χ4v) is 3.53. The van der Waals surface area contributed by atoms with Gasteiger partial charge in [-0.25, -0.2) is 0 Å². The SMILES string of the molecule is CCCCN(CC(NC)c1c(C)cc(C)cc1C)C1CC1. The third-order valence-corrected chi connectivity index (χ3v) is 4.71. The summed E-state index contributed by atoms with van der Waals surface area (Å²) in [5.41, 5.74) is 5.73. The molecular formula is C19H32N2. The average molecular weight is 288 g/mol. The van der Waals surface area contributed by atoms with Gasteiger partial charge in [-0.15, -0.1) is 0 Å². The van der Waals surface area contributed by atoms with E-state index in [1.54, 1.807) is 0 Å². The van der Waals surface area contributed by atoms with Crippen LogP contribution in [0.3, 0.4) is 0 Å². The van der Waals surface area contributed by atoms with E-state index < -0.39 is 0 Å². The number of benzene rings is 1. The summed E-state index contributed by atoms with van der Waals surface area (Å²) in [4.78, 5) is 2.71. The molecule has 0 radical (unpaired) electrons. The molecule has 1 atom stereocenters. The van der Waals surface area contributed by atoms with E-state index in [1.807, 2.05) is 0 Å². The van der Waals surface area contributed by atoms with E-state index in [0.717, 1.165) is 12.6 Å². The molecule has 1 fully saturated rings. The molecule has 0 spiro atoms. The number of nitrogens with one attached hydrogen (secondary N) is 1. The zero-order valence-electron chi connectivity index (χ0n) is 14.5. The predicted octanol–water partition coefficient (Wildman–Crippen LogP) is 4.14. The normalized spacial score (nSPS) is 16.5. The van der Waals surface area contributed by atoms with Crippen LogP contribution in [0.4, 0.5) is 0 Å². The van der Waals surface area contributed by atoms with Crippen molar-refractivity contribution >= 4 is 0 Å². The molecule has 0 aliphatic heterocycles. The molecule has 1 saturated carbocycles. The summed E-state index contributed by atoms with van der Waals surface area (Å²) in [7, 11) is 2.11. The zero-order valence-corrected chi connectivity index (χ0v) is 14.5. The van der Waals surface area contributed by atoms with Crippen LogP contribution in [-0.2, 0) is 0 Å². The summed E-state index contributed by atoms with van der Waals surface area (Å²) in [5.74, 6) is 0. The van der Waals surface area contributed by atoms with Gasteiger partial charge in [0.05, 0.1) is 0 Å². The second-order valence-electron chi connectivity index (χ2n) is 6.73. The first kappa shape index (κ1) is 16.5.